The first-order chi connectivity index (χ1) is 11.3. The zero-order chi connectivity index (χ0) is 16.1. The number of pyridine rings is 1. The largest absolute Gasteiger partial charge is 0.396 e. The van der Waals surface area contributed by atoms with Crippen molar-refractivity contribution in [1.82, 2.24) is 14.8 Å². The second-order valence-corrected chi connectivity index (χ2v) is 6.38. The molecule has 23 heavy (non-hydrogen) atoms. The number of piperidine rings is 1. The lowest BCUT2D eigenvalue weighted by Crippen LogP contribution is -2.48. The molecule has 0 spiro atoms. The van der Waals surface area contributed by atoms with Gasteiger partial charge in [-0.2, -0.15) is 0 Å². The van der Waals surface area contributed by atoms with Crippen molar-refractivity contribution < 1.29 is 14.6 Å². The molecule has 1 amide bonds. The molecule has 6 nitrogen and oxygen atoms in total. The van der Waals surface area contributed by atoms with E-state index >= 15 is 0 Å². The maximum absolute atomic E-state index is 12.5. The first-order valence-corrected chi connectivity index (χ1v) is 8.40. The van der Waals surface area contributed by atoms with E-state index in [4.69, 9.17) is 4.74 Å². The van der Waals surface area contributed by atoms with Gasteiger partial charge in [0.25, 0.3) is 5.91 Å². The molecule has 1 N–H and O–H groups in total. The zero-order valence-corrected chi connectivity index (χ0v) is 13.4. The van der Waals surface area contributed by atoms with Crippen molar-refractivity contribution in [2.45, 2.75) is 18.9 Å². The SMILES string of the molecule is O=C(c1ccncc1)N1CCC(N2CCOC[C@H](CO)C2)CC1. The van der Waals surface area contributed by atoms with Gasteiger partial charge in [0.1, 0.15) is 0 Å². The van der Waals surface area contributed by atoms with Crippen LogP contribution >= 0.6 is 0 Å². The molecule has 1 aromatic heterocycles. The molecule has 1 atom stereocenters. The Balaban J connectivity index is 1.54. The Kier molecular flexibility index (Phi) is 5.59. The number of carbonyl (C=O) groups is 1. The van der Waals surface area contributed by atoms with Crippen LogP contribution in [0.3, 0.4) is 0 Å². The molecule has 2 aliphatic heterocycles. The van der Waals surface area contributed by atoms with Crippen LogP contribution in [0, 0.1) is 5.92 Å². The molecule has 6 heteroatoms. The lowest BCUT2D eigenvalue weighted by molar-refractivity contribution is 0.0595. The summed E-state index contributed by atoms with van der Waals surface area (Å²) in [4.78, 5) is 20.8. The summed E-state index contributed by atoms with van der Waals surface area (Å²) in [6.07, 6.45) is 5.28. The second kappa shape index (κ2) is 7.86. The summed E-state index contributed by atoms with van der Waals surface area (Å²) in [5.41, 5.74) is 0.710. The van der Waals surface area contributed by atoms with Gasteiger partial charge in [0, 0.05) is 62.7 Å². The summed E-state index contributed by atoms with van der Waals surface area (Å²) in [5.74, 6) is 0.298. The van der Waals surface area contributed by atoms with Gasteiger partial charge < -0.3 is 14.7 Å². The fraction of sp³-hybridized carbons (Fsp3) is 0.647. The molecule has 1 aromatic rings. The van der Waals surface area contributed by atoms with Crippen LogP contribution in [-0.2, 0) is 4.74 Å². The molecular weight excluding hydrogens is 294 g/mol. The van der Waals surface area contributed by atoms with Crippen molar-refractivity contribution in [2.24, 2.45) is 5.92 Å². The van der Waals surface area contributed by atoms with Gasteiger partial charge in [-0.1, -0.05) is 0 Å². The molecule has 0 saturated carbocycles. The minimum Gasteiger partial charge on any atom is -0.396 e. The van der Waals surface area contributed by atoms with Crippen LogP contribution in [0.4, 0.5) is 0 Å². The summed E-state index contributed by atoms with van der Waals surface area (Å²) < 4.78 is 5.56. The Morgan fingerprint density at radius 2 is 2.00 bits per heavy atom. The normalized spacial score (nSPS) is 24.4. The monoisotopic (exact) mass is 319 g/mol. The van der Waals surface area contributed by atoms with Crippen LogP contribution in [0.5, 0.6) is 0 Å². The standard InChI is InChI=1S/C17H25N3O3/c21-12-14-11-20(9-10-23-13-14)16-3-7-19(8-4-16)17(22)15-1-5-18-6-2-15/h1-2,5-6,14,16,21H,3-4,7-13H2/t14-/m0/s1. The first kappa shape index (κ1) is 16.4. The van der Waals surface area contributed by atoms with Gasteiger partial charge in [0.2, 0.25) is 0 Å². The van der Waals surface area contributed by atoms with Crippen molar-refractivity contribution in [3.05, 3.63) is 30.1 Å². The average molecular weight is 319 g/mol. The van der Waals surface area contributed by atoms with Gasteiger partial charge in [0.05, 0.1) is 13.2 Å². The van der Waals surface area contributed by atoms with Crippen molar-refractivity contribution in [2.75, 3.05) is 46.0 Å². The van der Waals surface area contributed by atoms with Crippen LogP contribution in [0.1, 0.15) is 23.2 Å². The molecule has 0 unspecified atom stereocenters. The molecule has 126 valence electrons. The number of amides is 1. The summed E-state index contributed by atoms with van der Waals surface area (Å²) in [7, 11) is 0. The van der Waals surface area contributed by atoms with E-state index in [-0.39, 0.29) is 18.4 Å². The Morgan fingerprint density at radius 3 is 2.70 bits per heavy atom. The highest BCUT2D eigenvalue weighted by Crippen LogP contribution is 2.20. The highest BCUT2D eigenvalue weighted by atomic mass is 16.5. The van der Waals surface area contributed by atoms with Crippen LogP contribution in [0.15, 0.2) is 24.5 Å². The summed E-state index contributed by atoms with van der Waals surface area (Å²) in [6.45, 7) is 4.92. The Morgan fingerprint density at radius 1 is 1.26 bits per heavy atom. The molecule has 0 radical (unpaired) electrons. The molecule has 2 aliphatic rings. The van der Waals surface area contributed by atoms with Crippen molar-refractivity contribution >= 4 is 5.91 Å². The highest BCUT2D eigenvalue weighted by Gasteiger charge is 2.29. The predicted molar refractivity (Wildman–Crippen MR) is 86.1 cm³/mol. The van der Waals surface area contributed by atoms with Crippen LogP contribution in [0.25, 0.3) is 0 Å². The summed E-state index contributed by atoms with van der Waals surface area (Å²) in [5, 5.41) is 9.41. The minimum atomic E-state index is 0.0956. The van der Waals surface area contributed by atoms with E-state index in [9.17, 15) is 9.90 Å². The summed E-state index contributed by atoms with van der Waals surface area (Å²) >= 11 is 0. The Bertz CT molecular complexity index is 503. The topological polar surface area (TPSA) is 65.9 Å². The number of aromatic nitrogens is 1. The number of aliphatic hydroxyl groups excluding tert-OH is 1. The number of aliphatic hydroxyl groups is 1. The van der Waals surface area contributed by atoms with Crippen LogP contribution in [-0.4, -0.2) is 77.8 Å². The number of hydrogen-bond acceptors (Lipinski definition) is 5. The third kappa shape index (κ3) is 4.07. The number of carbonyl (C=O) groups excluding carboxylic acids is 1. The quantitative estimate of drug-likeness (QED) is 0.885. The maximum atomic E-state index is 12.5. The molecule has 3 rings (SSSR count). The van der Waals surface area contributed by atoms with Crippen molar-refractivity contribution in [1.29, 1.82) is 0 Å². The van der Waals surface area contributed by atoms with Gasteiger partial charge in [-0.3, -0.25) is 14.7 Å². The fourth-order valence-electron chi connectivity index (χ4n) is 3.46. The first-order valence-electron chi connectivity index (χ1n) is 8.40. The van der Waals surface area contributed by atoms with E-state index in [1.807, 2.05) is 4.90 Å². The number of nitrogens with zero attached hydrogens (tertiary/aromatic N) is 3. The zero-order valence-electron chi connectivity index (χ0n) is 13.4. The third-order valence-corrected chi connectivity index (χ3v) is 4.82. The average Bonchev–Trinajstić information content (AvgIpc) is 2.88. The van der Waals surface area contributed by atoms with Gasteiger partial charge >= 0.3 is 0 Å². The fourth-order valence-corrected chi connectivity index (χ4v) is 3.46. The van der Waals surface area contributed by atoms with Gasteiger partial charge in [-0.05, 0) is 25.0 Å². The molecule has 2 fully saturated rings. The molecular formula is C17H25N3O3. The Labute approximate surface area is 137 Å². The maximum Gasteiger partial charge on any atom is 0.253 e. The molecule has 3 heterocycles. The van der Waals surface area contributed by atoms with E-state index < -0.39 is 0 Å². The smallest absolute Gasteiger partial charge is 0.253 e. The van der Waals surface area contributed by atoms with E-state index in [2.05, 4.69) is 9.88 Å². The number of likely N-dealkylation sites (tertiary alicyclic amines) is 1. The highest BCUT2D eigenvalue weighted by molar-refractivity contribution is 5.94. The van der Waals surface area contributed by atoms with E-state index in [1.54, 1.807) is 24.5 Å². The Hall–Kier alpha value is -1.50. The number of rotatable bonds is 3. The van der Waals surface area contributed by atoms with Crippen LogP contribution < -0.4 is 0 Å². The number of ether oxygens (including phenoxy) is 1. The molecule has 0 aromatic carbocycles. The van der Waals surface area contributed by atoms with Gasteiger partial charge in [-0.25, -0.2) is 0 Å². The minimum absolute atomic E-state index is 0.0956. The lowest BCUT2D eigenvalue weighted by atomic mass is 10.0. The molecule has 2 saturated heterocycles. The van der Waals surface area contributed by atoms with Crippen LogP contribution in [0.2, 0.25) is 0 Å². The number of hydrogen-bond donors (Lipinski definition) is 1. The van der Waals surface area contributed by atoms with Gasteiger partial charge in [0.15, 0.2) is 0 Å². The van der Waals surface area contributed by atoms with Crippen molar-refractivity contribution in [3.8, 4) is 0 Å². The summed E-state index contributed by atoms with van der Waals surface area (Å²) in [6, 6.07) is 4.02. The third-order valence-electron chi connectivity index (χ3n) is 4.82. The van der Waals surface area contributed by atoms with E-state index in [0.29, 0.717) is 18.2 Å². The van der Waals surface area contributed by atoms with E-state index in [0.717, 1.165) is 45.6 Å². The lowest BCUT2D eigenvalue weighted by Gasteiger charge is -2.38. The van der Waals surface area contributed by atoms with Crippen molar-refractivity contribution in [3.63, 3.8) is 0 Å². The molecule has 0 aliphatic carbocycles. The predicted octanol–water partition coefficient (Wildman–Crippen LogP) is 0.627. The second-order valence-electron chi connectivity index (χ2n) is 6.38. The van der Waals surface area contributed by atoms with Gasteiger partial charge in [-0.15, -0.1) is 0 Å². The van der Waals surface area contributed by atoms with E-state index in [1.165, 1.54) is 0 Å². The molecule has 0 bridgehead atoms.